The molecule has 0 saturated heterocycles. The van der Waals surface area contributed by atoms with E-state index in [1.165, 1.54) is 65.7 Å². The zero-order chi connectivity index (χ0) is 45.6. The number of para-hydroxylation sites is 3. The molecule has 0 amide bonds. The second kappa shape index (κ2) is 15.5. The van der Waals surface area contributed by atoms with Crippen molar-refractivity contribution in [3.63, 3.8) is 0 Å². The number of anilines is 6. The number of hydrogen-bond acceptors (Lipinski definition) is 3. The number of rotatable bonds is 8. The minimum absolute atomic E-state index is 0.338. The van der Waals surface area contributed by atoms with E-state index in [0.29, 0.717) is 0 Å². The molecule has 11 aromatic rings. The van der Waals surface area contributed by atoms with Crippen LogP contribution < -0.4 is 15.0 Å². The molecule has 67 heavy (non-hydrogen) atoms. The van der Waals surface area contributed by atoms with E-state index < -0.39 is 8.07 Å². The SMILES string of the molecule is Cc1ccc(N(c2ccc3c(c2)C(C)(C)c2cccc4c2c-3c(-c2ccccc2)c2ccc(N(c3ccccc3)c3ccc([Si](C)(C)C)cc3)cc24)c2cccc3c2oc2ccccc23)cc1. The molecule has 4 heteroatoms. The summed E-state index contributed by atoms with van der Waals surface area (Å²) in [6, 6.07) is 76.2. The lowest BCUT2D eigenvalue weighted by atomic mass is 9.66. The average Bonchev–Trinajstić information content (AvgIpc) is 3.74. The Morgan fingerprint density at radius 1 is 0.433 bits per heavy atom. The first-order valence-corrected chi connectivity index (χ1v) is 27.0. The first-order chi connectivity index (χ1) is 32.5. The van der Waals surface area contributed by atoms with Crippen LogP contribution in [0.25, 0.3) is 65.7 Å². The molecular formula is C63H52N2OSi. The van der Waals surface area contributed by atoms with Gasteiger partial charge in [-0.05, 0) is 135 Å². The number of hydrogen-bond donors (Lipinski definition) is 0. The van der Waals surface area contributed by atoms with Gasteiger partial charge in [0.05, 0.1) is 13.8 Å². The highest BCUT2D eigenvalue weighted by Crippen LogP contribution is 2.56. The Bertz CT molecular complexity index is 3700. The van der Waals surface area contributed by atoms with E-state index in [9.17, 15) is 0 Å². The van der Waals surface area contributed by atoms with E-state index >= 15 is 0 Å². The summed E-state index contributed by atoms with van der Waals surface area (Å²) in [6.45, 7) is 14.2. The highest BCUT2D eigenvalue weighted by atomic mass is 28.3. The van der Waals surface area contributed by atoms with Crippen LogP contribution in [0.1, 0.15) is 30.5 Å². The fourth-order valence-electron chi connectivity index (χ4n) is 10.8. The quantitative estimate of drug-likeness (QED) is 0.112. The van der Waals surface area contributed by atoms with Crippen LogP contribution in [0.4, 0.5) is 34.1 Å². The van der Waals surface area contributed by atoms with E-state index in [1.54, 1.807) is 0 Å². The number of aryl methyl sites for hydroxylation is 1. The first kappa shape index (κ1) is 40.8. The Labute approximate surface area is 394 Å². The molecule has 1 aromatic heterocycles. The maximum atomic E-state index is 6.72. The fraction of sp³-hybridized carbons (Fsp3) is 0.111. The Hall–Kier alpha value is -7.66. The van der Waals surface area contributed by atoms with Gasteiger partial charge in [-0.3, -0.25) is 0 Å². The van der Waals surface area contributed by atoms with Crippen molar-refractivity contribution in [3.8, 4) is 22.3 Å². The fourth-order valence-corrected chi connectivity index (χ4v) is 12.0. The smallest absolute Gasteiger partial charge is 0.159 e. The summed E-state index contributed by atoms with van der Waals surface area (Å²) in [4.78, 5) is 4.80. The highest BCUT2D eigenvalue weighted by molar-refractivity contribution is 6.88. The van der Waals surface area contributed by atoms with E-state index in [1.807, 2.05) is 6.07 Å². The minimum atomic E-state index is -1.48. The molecule has 0 atom stereocenters. The molecule has 12 rings (SSSR count). The molecule has 3 nitrogen and oxygen atoms in total. The van der Waals surface area contributed by atoms with Crippen LogP contribution in [0.2, 0.25) is 19.6 Å². The van der Waals surface area contributed by atoms with Gasteiger partial charge in [-0.2, -0.15) is 0 Å². The topological polar surface area (TPSA) is 19.6 Å². The zero-order valence-corrected chi connectivity index (χ0v) is 39.9. The van der Waals surface area contributed by atoms with Crippen molar-refractivity contribution in [2.75, 3.05) is 9.80 Å². The average molecular weight is 881 g/mol. The van der Waals surface area contributed by atoms with Gasteiger partial charge in [0.25, 0.3) is 0 Å². The molecule has 0 saturated carbocycles. The zero-order valence-electron chi connectivity index (χ0n) is 38.9. The third kappa shape index (κ3) is 6.61. The molecule has 0 spiro atoms. The normalized spacial score (nSPS) is 13.0. The molecule has 10 aromatic carbocycles. The molecule has 0 bridgehead atoms. The van der Waals surface area contributed by atoms with Crippen LogP contribution in [0.15, 0.2) is 211 Å². The Morgan fingerprint density at radius 2 is 1.03 bits per heavy atom. The number of benzene rings is 10. The molecule has 0 unspecified atom stereocenters. The van der Waals surface area contributed by atoms with Crippen LogP contribution in [0, 0.1) is 6.92 Å². The van der Waals surface area contributed by atoms with E-state index in [-0.39, 0.29) is 5.41 Å². The number of nitrogens with zero attached hydrogens (tertiary/aromatic N) is 2. The van der Waals surface area contributed by atoms with Crippen molar-refractivity contribution in [2.24, 2.45) is 0 Å². The lowest BCUT2D eigenvalue weighted by Gasteiger charge is -2.38. The van der Waals surface area contributed by atoms with Gasteiger partial charge in [0.15, 0.2) is 5.58 Å². The summed E-state index contributed by atoms with van der Waals surface area (Å²) in [6.07, 6.45) is 0. The standard InChI is InChI=1S/C63H52N2OSi/c1-41-27-29-45(30-28-41)65(57-25-16-23-52-49-21-13-14-26-58(49)66-62(52)57)47-34-38-53-56(40-47)63(2,3)55-24-15-22-50-54-39-46(33-37-51(54)59(61(53)60(50)55)42-17-9-7-10-18-42)64(43-19-11-8-12-20-43)44-31-35-48(36-32-44)67(4,5)6/h7-40H,1-6H3. The van der Waals surface area contributed by atoms with Gasteiger partial charge < -0.3 is 14.2 Å². The molecule has 0 radical (unpaired) electrons. The molecule has 0 aliphatic heterocycles. The van der Waals surface area contributed by atoms with Gasteiger partial charge in [0.1, 0.15) is 5.58 Å². The molecule has 1 heterocycles. The van der Waals surface area contributed by atoms with Crippen molar-refractivity contribution in [3.05, 3.63) is 223 Å². The van der Waals surface area contributed by atoms with Gasteiger partial charge in [0.2, 0.25) is 0 Å². The van der Waals surface area contributed by atoms with E-state index in [2.05, 4.69) is 250 Å². The van der Waals surface area contributed by atoms with Gasteiger partial charge >= 0.3 is 0 Å². The van der Waals surface area contributed by atoms with Gasteiger partial charge in [-0.1, -0.05) is 178 Å². The number of fused-ring (bicyclic) bond motifs is 7. The Balaban J connectivity index is 1.10. The third-order valence-electron chi connectivity index (χ3n) is 14.2. The van der Waals surface area contributed by atoms with Crippen molar-refractivity contribution < 1.29 is 4.42 Å². The molecule has 0 N–H and O–H groups in total. The van der Waals surface area contributed by atoms with E-state index in [4.69, 9.17) is 4.42 Å². The van der Waals surface area contributed by atoms with Crippen molar-refractivity contribution >= 4 is 90.9 Å². The molecular weight excluding hydrogens is 829 g/mol. The molecule has 1 aliphatic rings. The molecule has 324 valence electrons. The van der Waals surface area contributed by atoms with Crippen molar-refractivity contribution in [1.82, 2.24) is 0 Å². The monoisotopic (exact) mass is 880 g/mol. The first-order valence-electron chi connectivity index (χ1n) is 23.5. The van der Waals surface area contributed by atoms with Crippen molar-refractivity contribution in [1.29, 1.82) is 0 Å². The lowest BCUT2D eigenvalue weighted by molar-refractivity contribution is 0.645. The second-order valence-corrected chi connectivity index (χ2v) is 24.9. The molecule has 1 aliphatic carbocycles. The van der Waals surface area contributed by atoms with Crippen LogP contribution in [-0.4, -0.2) is 8.07 Å². The largest absolute Gasteiger partial charge is 0.454 e. The van der Waals surface area contributed by atoms with Crippen LogP contribution in [-0.2, 0) is 5.41 Å². The van der Waals surface area contributed by atoms with Crippen LogP contribution in [0.5, 0.6) is 0 Å². The Morgan fingerprint density at radius 3 is 1.79 bits per heavy atom. The minimum Gasteiger partial charge on any atom is -0.454 e. The van der Waals surface area contributed by atoms with Gasteiger partial charge in [-0.25, -0.2) is 0 Å². The maximum absolute atomic E-state index is 6.72. The van der Waals surface area contributed by atoms with Crippen molar-refractivity contribution in [2.45, 2.75) is 45.8 Å². The summed E-state index contributed by atoms with van der Waals surface area (Å²) in [7, 11) is -1.48. The summed E-state index contributed by atoms with van der Waals surface area (Å²) >= 11 is 0. The van der Waals surface area contributed by atoms with E-state index in [0.717, 1.165) is 56.1 Å². The predicted octanol–water partition coefficient (Wildman–Crippen LogP) is 17.7. The van der Waals surface area contributed by atoms with Gasteiger partial charge in [0, 0.05) is 44.6 Å². The summed E-state index contributed by atoms with van der Waals surface area (Å²) in [5.41, 5.74) is 16.9. The highest BCUT2D eigenvalue weighted by Gasteiger charge is 2.37. The summed E-state index contributed by atoms with van der Waals surface area (Å²) in [5.74, 6) is 0. The summed E-state index contributed by atoms with van der Waals surface area (Å²) < 4.78 is 6.72. The predicted molar refractivity (Wildman–Crippen MR) is 289 cm³/mol. The summed E-state index contributed by atoms with van der Waals surface area (Å²) in [5, 5.41) is 8.77. The van der Waals surface area contributed by atoms with Crippen LogP contribution >= 0.6 is 0 Å². The van der Waals surface area contributed by atoms with Crippen LogP contribution in [0.3, 0.4) is 0 Å². The lowest BCUT2D eigenvalue weighted by Crippen LogP contribution is -2.37. The Kier molecular flexibility index (Phi) is 9.43. The third-order valence-corrected chi connectivity index (χ3v) is 16.3. The second-order valence-electron chi connectivity index (χ2n) is 19.8. The number of furan rings is 1. The maximum Gasteiger partial charge on any atom is 0.159 e. The van der Waals surface area contributed by atoms with Gasteiger partial charge in [-0.15, -0.1) is 0 Å². The molecule has 0 fully saturated rings.